The number of carboxylic acids is 1. The number of rotatable bonds is 8. The first-order valence-electron chi connectivity index (χ1n) is 8.94. The minimum atomic E-state index is -1.04. The van der Waals surface area contributed by atoms with Crippen LogP contribution in [0.5, 0.6) is 11.5 Å². The summed E-state index contributed by atoms with van der Waals surface area (Å²) in [6.07, 6.45) is 0. The number of anilines is 1. The van der Waals surface area contributed by atoms with Crippen molar-refractivity contribution in [3.63, 3.8) is 0 Å². The zero-order valence-electron chi connectivity index (χ0n) is 15.8. The standard InChI is InChI=1S/C23H20N2O4/c1-28-20-11-18(12-21(13-20)29-15-17-5-3-2-4-6-17)22(23(26)27)25-19-9-7-16(14-24)8-10-19/h2-13,22,25H,15H2,1H3,(H,26,27). The first-order chi connectivity index (χ1) is 14.1. The summed E-state index contributed by atoms with van der Waals surface area (Å²) in [5, 5.41) is 21.6. The van der Waals surface area contributed by atoms with E-state index in [1.165, 1.54) is 7.11 Å². The van der Waals surface area contributed by atoms with Gasteiger partial charge in [-0.25, -0.2) is 4.79 Å². The molecule has 0 saturated carbocycles. The first kappa shape index (κ1) is 19.8. The summed E-state index contributed by atoms with van der Waals surface area (Å²) in [6, 6.07) is 22.4. The molecule has 0 heterocycles. The van der Waals surface area contributed by atoms with Crippen molar-refractivity contribution in [3.8, 4) is 17.6 Å². The fourth-order valence-electron chi connectivity index (χ4n) is 2.80. The maximum atomic E-state index is 11.9. The molecular formula is C23H20N2O4. The smallest absolute Gasteiger partial charge is 0.330 e. The molecule has 3 rings (SSSR count). The van der Waals surface area contributed by atoms with Crippen LogP contribution in [0.4, 0.5) is 5.69 Å². The van der Waals surface area contributed by atoms with Crippen LogP contribution in [-0.2, 0) is 11.4 Å². The van der Waals surface area contributed by atoms with Gasteiger partial charge in [0.25, 0.3) is 0 Å². The molecule has 0 saturated heterocycles. The number of nitrogens with one attached hydrogen (secondary N) is 1. The zero-order valence-corrected chi connectivity index (χ0v) is 15.8. The number of ether oxygens (including phenoxy) is 2. The molecule has 0 aliphatic rings. The highest BCUT2D eigenvalue weighted by molar-refractivity contribution is 5.79. The molecule has 3 aromatic rings. The van der Waals surface area contributed by atoms with Gasteiger partial charge in [-0.3, -0.25) is 0 Å². The molecular weight excluding hydrogens is 368 g/mol. The van der Waals surface area contributed by atoms with Crippen LogP contribution in [0.3, 0.4) is 0 Å². The molecule has 1 atom stereocenters. The van der Waals surface area contributed by atoms with Crippen molar-refractivity contribution in [1.29, 1.82) is 5.26 Å². The summed E-state index contributed by atoms with van der Waals surface area (Å²) in [5.74, 6) is -0.0360. The van der Waals surface area contributed by atoms with Crippen molar-refractivity contribution in [2.75, 3.05) is 12.4 Å². The second-order valence-corrected chi connectivity index (χ2v) is 6.32. The van der Waals surface area contributed by atoms with Crippen molar-refractivity contribution in [1.82, 2.24) is 0 Å². The summed E-state index contributed by atoms with van der Waals surface area (Å²) < 4.78 is 11.2. The van der Waals surface area contributed by atoms with E-state index in [-0.39, 0.29) is 0 Å². The van der Waals surface area contributed by atoms with Gasteiger partial charge in [0.2, 0.25) is 0 Å². The second-order valence-electron chi connectivity index (χ2n) is 6.32. The number of carboxylic acid groups (broad SMARTS) is 1. The van der Waals surface area contributed by atoms with Gasteiger partial charge in [-0.2, -0.15) is 5.26 Å². The van der Waals surface area contributed by atoms with E-state index in [0.29, 0.717) is 34.9 Å². The lowest BCUT2D eigenvalue weighted by atomic mass is 10.1. The number of nitriles is 1. The van der Waals surface area contributed by atoms with E-state index < -0.39 is 12.0 Å². The molecule has 0 radical (unpaired) electrons. The first-order valence-corrected chi connectivity index (χ1v) is 8.94. The van der Waals surface area contributed by atoms with Crippen molar-refractivity contribution in [2.45, 2.75) is 12.6 Å². The van der Waals surface area contributed by atoms with Crippen LogP contribution in [0.2, 0.25) is 0 Å². The maximum Gasteiger partial charge on any atom is 0.330 e. The van der Waals surface area contributed by atoms with E-state index in [1.54, 1.807) is 42.5 Å². The SMILES string of the molecule is COc1cc(OCc2ccccc2)cc(C(Nc2ccc(C#N)cc2)C(=O)O)c1. The number of hydrogen-bond acceptors (Lipinski definition) is 5. The molecule has 0 aliphatic heterocycles. The van der Waals surface area contributed by atoms with E-state index in [1.807, 2.05) is 36.4 Å². The van der Waals surface area contributed by atoms with Crippen LogP contribution in [0.15, 0.2) is 72.8 Å². The normalized spacial score (nSPS) is 11.2. The monoisotopic (exact) mass is 388 g/mol. The average molecular weight is 388 g/mol. The van der Waals surface area contributed by atoms with Gasteiger partial charge in [0.05, 0.1) is 18.7 Å². The highest BCUT2D eigenvalue weighted by atomic mass is 16.5. The largest absolute Gasteiger partial charge is 0.497 e. The van der Waals surface area contributed by atoms with E-state index in [2.05, 4.69) is 5.32 Å². The Morgan fingerprint density at radius 1 is 1.07 bits per heavy atom. The van der Waals surface area contributed by atoms with E-state index >= 15 is 0 Å². The molecule has 146 valence electrons. The summed E-state index contributed by atoms with van der Waals surface area (Å²) in [4.78, 5) is 11.9. The molecule has 0 amide bonds. The number of nitrogens with zero attached hydrogens (tertiary/aromatic N) is 1. The van der Waals surface area contributed by atoms with E-state index in [0.717, 1.165) is 5.56 Å². The van der Waals surface area contributed by atoms with Gasteiger partial charge in [0.15, 0.2) is 6.04 Å². The Morgan fingerprint density at radius 2 is 1.76 bits per heavy atom. The molecule has 0 fully saturated rings. The fraction of sp³-hybridized carbons (Fsp3) is 0.130. The van der Waals surface area contributed by atoms with Crippen LogP contribution in [0.1, 0.15) is 22.7 Å². The lowest BCUT2D eigenvalue weighted by molar-refractivity contribution is -0.138. The topological polar surface area (TPSA) is 91.6 Å². The molecule has 6 heteroatoms. The van der Waals surface area contributed by atoms with Crippen LogP contribution < -0.4 is 14.8 Å². The maximum absolute atomic E-state index is 11.9. The van der Waals surface area contributed by atoms with Gasteiger partial charge < -0.3 is 19.9 Å². The Bertz CT molecular complexity index is 1010. The Morgan fingerprint density at radius 3 is 2.38 bits per heavy atom. The lowest BCUT2D eigenvalue weighted by Gasteiger charge is -2.18. The van der Waals surface area contributed by atoms with Gasteiger partial charge in [-0.15, -0.1) is 0 Å². The third-order valence-electron chi connectivity index (χ3n) is 4.29. The van der Waals surface area contributed by atoms with E-state index in [9.17, 15) is 9.90 Å². The van der Waals surface area contributed by atoms with Crippen molar-refractivity contribution >= 4 is 11.7 Å². The highest BCUT2D eigenvalue weighted by Gasteiger charge is 2.21. The summed E-state index contributed by atoms with van der Waals surface area (Å²) in [6.45, 7) is 0.355. The number of aliphatic carboxylic acids is 1. The van der Waals surface area contributed by atoms with Crippen molar-refractivity contribution < 1.29 is 19.4 Å². The molecule has 0 aliphatic carbocycles. The molecule has 0 spiro atoms. The van der Waals surface area contributed by atoms with Crippen molar-refractivity contribution in [3.05, 3.63) is 89.5 Å². The second kappa shape index (κ2) is 9.29. The molecule has 29 heavy (non-hydrogen) atoms. The summed E-state index contributed by atoms with van der Waals surface area (Å²) in [7, 11) is 1.52. The highest BCUT2D eigenvalue weighted by Crippen LogP contribution is 2.29. The average Bonchev–Trinajstić information content (AvgIpc) is 2.76. The predicted molar refractivity (Wildman–Crippen MR) is 109 cm³/mol. The number of carbonyl (C=O) groups is 1. The van der Waals surface area contributed by atoms with Crippen LogP contribution in [-0.4, -0.2) is 18.2 Å². The summed E-state index contributed by atoms with van der Waals surface area (Å²) >= 11 is 0. The van der Waals surface area contributed by atoms with Gasteiger partial charge in [0.1, 0.15) is 18.1 Å². The van der Waals surface area contributed by atoms with Gasteiger partial charge >= 0.3 is 5.97 Å². The number of methoxy groups -OCH3 is 1. The summed E-state index contributed by atoms with van der Waals surface area (Å²) in [5.41, 5.74) is 2.58. The zero-order chi connectivity index (χ0) is 20.6. The third-order valence-corrected chi connectivity index (χ3v) is 4.29. The molecule has 2 N–H and O–H groups in total. The Hall–Kier alpha value is -3.98. The molecule has 3 aromatic carbocycles. The minimum Gasteiger partial charge on any atom is -0.497 e. The van der Waals surface area contributed by atoms with E-state index in [4.69, 9.17) is 14.7 Å². The molecule has 0 bridgehead atoms. The predicted octanol–water partition coefficient (Wildman–Crippen LogP) is 4.38. The quantitative estimate of drug-likeness (QED) is 0.595. The Labute approximate surface area is 168 Å². The van der Waals surface area contributed by atoms with Crippen molar-refractivity contribution in [2.24, 2.45) is 0 Å². The van der Waals surface area contributed by atoms with Gasteiger partial charge in [0, 0.05) is 11.8 Å². The molecule has 1 unspecified atom stereocenters. The third kappa shape index (κ3) is 5.27. The Balaban J connectivity index is 1.84. The molecule has 0 aromatic heterocycles. The minimum absolute atomic E-state index is 0.355. The van der Waals surface area contributed by atoms with Gasteiger partial charge in [-0.05, 0) is 47.5 Å². The molecule has 6 nitrogen and oxygen atoms in total. The van der Waals surface area contributed by atoms with Crippen LogP contribution in [0, 0.1) is 11.3 Å². The Kier molecular flexibility index (Phi) is 6.33. The number of benzene rings is 3. The van der Waals surface area contributed by atoms with Crippen LogP contribution >= 0.6 is 0 Å². The van der Waals surface area contributed by atoms with Gasteiger partial charge in [-0.1, -0.05) is 30.3 Å². The lowest BCUT2D eigenvalue weighted by Crippen LogP contribution is -2.20. The van der Waals surface area contributed by atoms with Crippen LogP contribution in [0.25, 0.3) is 0 Å². The fourth-order valence-corrected chi connectivity index (χ4v) is 2.80. The number of hydrogen-bond donors (Lipinski definition) is 2.